The predicted molar refractivity (Wildman–Crippen MR) is 91.3 cm³/mol. The highest BCUT2D eigenvalue weighted by molar-refractivity contribution is 5.85. The predicted octanol–water partition coefficient (Wildman–Crippen LogP) is 2.47. The van der Waals surface area contributed by atoms with Crippen molar-refractivity contribution in [2.75, 3.05) is 33.3 Å². The molecule has 1 fully saturated rings. The molecule has 22 heavy (non-hydrogen) atoms. The standard InChI is InChI=1S/C15H21N3O2.2ClH/c1-3-13(18-6-4-17-5-7-18)12-8-11(10-16)9-14(20-2)15(12)19;;/h8-9,13,17,19H,3-7H2,1-2H3;2*1H/t13-;;/m0../s1. The molecule has 2 N–H and O–H groups in total. The number of hydrogen-bond donors (Lipinski definition) is 2. The number of benzene rings is 1. The molecule has 0 saturated carbocycles. The fraction of sp³-hybridized carbons (Fsp3) is 0.533. The molecule has 0 aliphatic carbocycles. The van der Waals surface area contributed by atoms with Crippen LogP contribution in [0.5, 0.6) is 11.5 Å². The summed E-state index contributed by atoms with van der Waals surface area (Å²) in [5.74, 6) is 0.518. The average molecular weight is 348 g/mol. The first-order valence-electron chi connectivity index (χ1n) is 6.97. The Labute approximate surface area is 144 Å². The lowest BCUT2D eigenvalue weighted by molar-refractivity contribution is 0.166. The third-order valence-electron chi connectivity index (χ3n) is 3.79. The van der Waals surface area contributed by atoms with E-state index in [1.54, 1.807) is 12.1 Å². The van der Waals surface area contributed by atoms with Gasteiger partial charge in [-0.2, -0.15) is 5.26 Å². The second kappa shape index (κ2) is 9.75. The highest BCUT2D eigenvalue weighted by Crippen LogP contribution is 2.38. The molecule has 1 heterocycles. The van der Waals surface area contributed by atoms with Gasteiger partial charge < -0.3 is 15.2 Å². The summed E-state index contributed by atoms with van der Waals surface area (Å²) in [6.45, 7) is 5.88. The molecule has 124 valence electrons. The van der Waals surface area contributed by atoms with Crippen molar-refractivity contribution >= 4 is 24.8 Å². The zero-order valence-corrected chi connectivity index (χ0v) is 14.5. The van der Waals surface area contributed by atoms with Crippen LogP contribution in [0.25, 0.3) is 0 Å². The number of piperazine rings is 1. The molecule has 0 radical (unpaired) electrons. The number of phenols is 1. The number of aromatic hydroxyl groups is 1. The van der Waals surface area contributed by atoms with Crippen molar-refractivity contribution in [3.8, 4) is 17.6 Å². The van der Waals surface area contributed by atoms with Gasteiger partial charge in [-0.05, 0) is 12.5 Å². The van der Waals surface area contributed by atoms with Gasteiger partial charge in [-0.3, -0.25) is 4.90 Å². The van der Waals surface area contributed by atoms with Crippen LogP contribution >= 0.6 is 24.8 Å². The summed E-state index contributed by atoms with van der Waals surface area (Å²) in [7, 11) is 1.51. The summed E-state index contributed by atoms with van der Waals surface area (Å²) in [5.41, 5.74) is 1.30. The van der Waals surface area contributed by atoms with Gasteiger partial charge in [-0.25, -0.2) is 0 Å². The van der Waals surface area contributed by atoms with Gasteiger partial charge >= 0.3 is 0 Å². The molecular weight excluding hydrogens is 325 g/mol. The maximum absolute atomic E-state index is 10.4. The van der Waals surface area contributed by atoms with E-state index in [1.165, 1.54) is 7.11 Å². The fourth-order valence-electron chi connectivity index (χ4n) is 2.77. The van der Waals surface area contributed by atoms with Gasteiger partial charge in [-0.1, -0.05) is 6.92 Å². The van der Waals surface area contributed by atoms with Crippen molar-refractivity contribution in [1.29, 1.82) is 5.26 Å². The molecular formula is C15H23Cl2N3O2. The van der Waals surface area contributed by atoms with E-state index in [1.807, 2.05) is 0 Å². The number of nitriles is 1. The van der Waals surface area contributed by atoms with E-state index in [0.717, 1.165) is 38.2 Å². The van der Waals surface area contributed by atoms with Crippen molar-refractivity contribution in [2.45, 2.75) is 19.4 Å². The zero-order chi connectivity index (χ0) is 14.5. The Balaban J connectivity index is 0.00000220. The normalized spacial score (nSPS) is 15.9. The number of phenolic OH excluding ortho intramolecular Hbond substituents is 1. The van der Waals surface area contributed by atoms with Crippen LogP contribution in [0, 0.1) is 11.3 Å². The van der Waals surface area contributed by atoms with E-state index in [-0.39, 0.29) is 36.6 Å². The molecule has 7 heteroatoms. The minimum atomic E-state index is 0. The monoisotopic (exact) mass is 347 g/mol. The van der Waals surface area contributed by atoms with Gasteiger partial charge in [0.15, 0.2) is 11.5 Å². The largest absolute Gasteiger partial charge is 0.504 e. The molecule has 1 saturated heterocycles. The number of nitrogens with one attached hydrogen (secondary N) is 1. The van der Waals surface area contributed by atoms with Gasteiger partial charge in [0.25, 0.3) is 0 Å². The summed E-state index contributed by atoms with van der Waals surface area (Å²) >= 11 is 0. The Bertz CT molecular complexity index is 514. The van der Waals surface area contributed by atoms with E-state index in [2.05, 4.69) is 23.2 Å². The number of rotatable bonds is 4. The summed E-state index contributed by atoms with van der Waals surface area (Å²) in [5, 5.41) is 22.8. The van der Waals surface area contributed by atoms with Crippen LogP contribution in [0.15, 0.2) is 12.1 Å². The van der Waals surface area contributed by atoms with Crippen molar-refractivity contribution in [3.05, 3.63) is 23.3 Å². The number of methoxy groups -OCH3 is 1. The lowest BCUT2D eigenvalue weighted by atomic mass is 9.98. The van der Waals surface area contributed by atoms with Crippen LogP contribution in [0.4, 0.5) is 0 Å². The van der Waals surface area contributed by atoms with Gasteiger partial charge in [-0.15, -0.1) is 24.8 Å². The van der Waals surface area contributed by atoms with Crippen molar-refractivity contribution in [3.63, 3.8) is 0 Å². The Hall–Kier alpha value is -1.19. The Morgan fingerprint density at radius 3 is 2.50 bits per heavy atom. The Morgan fingerprint density at radius 1 is 1.36 bits per heavy atom. The third kappa shape index (κ3) is 4.40. The molecule has 2 rings (SSSR count). The van der Waals surface area contributed by atoms with Crippen molar-refractivity contribution < 1.29 is 9.84 Å². The van der Waals surface area contributed by atoms with Crippen LogP contribution in [-0.4, -0.2) is 43.3 Å². The molecule has 1 aliphatic rings. The van der Waals surface area contributed by atoms with Crippen LogP contribution in [0.2, 0.25) is 0 Å². The van der Waals surface area contributed by atoms with Crippen LogP contribution in [0.3, 0.4) is 0 Å². The first-order valence-corrected chi connectivity index (χ1v) is 6.97. The SMILES string of the molecule is CC[C@@H](c1cc(C#N)cc(OC)c1O)N1CCNCC1.Cl.Cl. The van der Waals surface area contributed by atoms with Gasteiger partial charge in [0.05, 0.1) is 18.7 Å². The van der Waals surface area contributed by atoms with Gasteiger partial charge in [0.2, 0.25) is 0 Å². The second-order valence-corrected chi connectivity index (χ2v) is 4.94. The fourth-order valence-corrected chi connectivity index (χ4v) is 2.77. The van der Waals surface area contributed by atoms with E-state index in [0.29, 0.717) is 11.3 Å². The first kappa shape index (κ1) is 20.8. The Kier molecular flexibility index (Phi) is 9.22. The topological polar surface area (TPSA) is 68.5 Å². The quantitative estimate of drug-likeness (QED) is 0.875. The van der Waals surface area contributed by atoms with E-state index >= 15 is 0 Å². The summed E-state index contributed by atoms with van der Waals surface area (Å²) in [6.07, 6.45) is 0.881. The molecule has 0 bridgehead atoms. The van der Waals surface area contributed by atoms with Crippen molar-refractivity contribution in [2.24, 2.45) is 0 Å². The highest BCUT2D eigenvalue weighted by atomic mass is 35.5. The smallest absolute Gasteiger partial charge is 0.162 e. The van der Waals surface area contributed by atoms with Gasteiger partial charge in [0, 0.05) is 43.9 Å². The minimum absolute atomic E-state index is 0. The molecule has 0 unspecified atom stereocenters. The third-order valence-corrected chi connectivity index (χ3v) is 3.79. The van der Waals surface area contributed by atoms with Crippen molar-refractivity contribution in [1.82, 2.24) is 10.2 Å². The molecule has 0 spiro atoms. The first-order chi connectivity index (χ1) is 9.71. The summed E-state index contributed by atoms with van der Waals surface area (Å²) in [4.78, 5) is 2.34. The minimum Gasteiger partial charge on any atom is -0.504 e. The molecule has 1 aromatic rings. The van der Waals surface area contributed by atoms with E-state index in [4.69, 9.17) is 10.00 Å². The molecule has 1 atom stereocenters. The average Bonchev–Trinajstić information content (AvgIpc) is 2.50. The van der Waals surface area contributed by atoms with E-state index in [9.17, 15) is 5.11 Å². The molecule has 0 aromatic heterocycles. The maximum atomic E-state index is 10.4. The highest BCUT2D eigenvalue weighted by Gasteiger charge is 2.25. The summed E-state index contributed by atoms with van der Waals surface area (Å²) in [6, 6.07) is 5.58. The summed E-state index contributed by atoms with van der Waals surface area (Å²) < 4.78 is 5.18. The lowest BCUT2D eigenvalue weighted by Crippen LogP contribution is -2.45. The van der Waals surface area contributed by atoms with Gasteiger partial charge in [0.1, 0.15) is 0 Å². The molecule has 1 aliphatic heterocycles. The number of ether oxygens (including phenoxy) is 1. The molecule has 0 amide bonds. The molecule has 5 nitrogen and oxygen atoms in total. The number of hydrogen-bond acceptors (Lipinski definition) is 5. The molecule has 1 aromatic carbocycles. The Morgan fingerprint density at radius 2 is 2.00 bits per heavy atom. The van der Waals surface area contributed by atoms with Crippen LogP contribution < -0.4 is 10.1 Å². The number of nitrogens with zero attached hydrogens (tertiary/aromatic N) is 2. The van der Waals surface area contributed by atoms with Crippen LogP contribution in [0.1, 0.15) is 30.5 Å². The zero-order valence-electron chi connectivity index (χ0n) is 12.8. The lowest BCUT2D eigenvalue weighted by Gasteiger charge is -2.35. The van der Waals surface area contributed by atoms with E-state index < -0.39 is 0 Å². The number of halogens is 2. The van der Waals surface area contributed by atoms with Crippen LogP contribution in [-0.2, 0) is 0 Å². The second-order valence-electron chi connectivity index (χ2n) is 4.94. The maximum Gasteiger partial charge on any atom is 0.162 e.